The van der Waals surface area contributed by atoms with Crippen molar-refractivity contribution in [2.45, 2.75) is 6.92 Å². The second-order valence-corrected chi connectivity index (χ2v) is 7.80. The van der Waals surface area contributed by atoms with Crippen LogP contribution in [0.4, 0.5) is 4.39 Å². The number of nitrogens with zero attached hydrogens (tertiary/aromatic N) is 3. The van der Waals surface area contributed by atoms with Crippen LogP contribution >= 0.6 is 11.6 Å². The van der Waals surface area contributed by atoms with Gasteiger partial charge in [0, 0.05) is 28.8 Å². The predicted molar refractivity (Wildman–Crippen MR) is 123 cm³/mol. The van der Waals surface area contributed by atoms with Crippen molar-refractivity contribution < 1.29 is 4.39 Å². The lowest BCUT2D eigenvalue weighted by molar-refractivity contribution is 0.624. The topological polar surface area (TPSA) is 82.4 Å². The molecule has 1 N–H and O–H groups in total. The predicted octanol–water partition coefficient (Wildman–Crippen LogP) is 5.78. The molecule has 3 aromatic heterocycles. The number of H-pyrrole nitrogens is 1. The van der Waals surface area contributed by atoms with Gasteiger partial charge in [-0.2, -0.15) is 5.26 Å². The largest absolute Gasteiger partial charge is 0.346 e. The monoisotopic (exact) mass is 440 g/mol. The number of fused-ring (bicyclic) bond motifs is 2. The minimum atomic E-state index is -0.475. The highest BCUT2D eigenvalue weighted by atomic mass is 35.5. The molecule has 0 atom stereocenters. The second-order valence-electron chi connectivity index (χ2n) is 7.40. The maximum absolute atomic E-state index is 13.9. The van der Waals surface area contributed by atoms with Crippen LogP contribution in [0, 0.1) is 24.1 Å². The van der Waals surface area contributed by atoms with Crippen molar-refractivity contribution >= 4 is 33.5 Å². The summed E-state index contributed by atoms with van der Waals surface area (Å²) < 4.78 is 13.9. The number of hydrogen-bond donors (Lipinski definition) is 1. The average molecular weight is 441 g/mol. The molecule has 5 nitrogen and oxygen atoms in total. The molecule has 5 aromatic rings. The highest BCUT2D eigenvalue weighted by Gasteiger charge is 2.17. The molecule has 0 radical (unpaired) electrons. The lowest BCUT2D eigenvalue weighted by Gasteiger charge is -2.14. The Morgan fingerprint density at radius 1 is 1.12 bits per heavy atom. The first-order chi connectivity index (χ1) is 15.5. The van der Waals surface area contributed by atoms with E-state index in [0.29, 0.717) is 49.3 Å². The zero-order valence-electron chi connectivity index (χ0n) is 16.8. The van der Waals surface area contributed by atoms with Crippen LogP contribution in [0.15, 0.2) is 65.7 Å². The van der Waals surface area contributed by atoms with E-state index in [-0.39, 0.29) is 5.43 Å². The summed E-state index contributed by atoms with van der Waals surface area (Å²) >= 11 is 6.47. The van der Waals surface area contributed by atoms with Gasteiger partial charge < -0.3 is 4.98 Å². The number of pyridine rings is 3. The van der Waals surface area contributed by atoms with Gasteiger partial charge in [-0.3, -0.25) is 9.78 Å². The SMILES string of the molecule is Cc1c(C#N)cccc1-c1nc2[nH]ccc(=O)c2cc1-c1cc(Cl)c2ncc(F)cc2c1. The summed E-state index contributed by atoms with van der Waals surface area (Å²) in [6.07, 6.45) is 2.66. The van der Waals surface area contributed by atoms with E-state index in [1.807, 2.05) is 13.0 Å². The molecule has 0 saturated carbocycles. The summed E-state index contributed by atoms with van der Waals surface area (Å²) in [5, 5.41) is 10.8. The van der Waals surface area contributed by atoms with Crippen LogP contribution in [0.1, 0.15) is 11.1 Å². The zero-order valence-corrected chi connectivity index (χ0v) is 17.5. The van der Waals surface area contributed by atoms with Gasteiger partial charge in [0.2, 0.25) is 0 Å². The van der Waals surface area contributed by atoms with Crippen LogP contribution in [0.3, 0.4) is 0 Å². The number of halogens is 2. The van der Waals surface area contributed by atoms with Crippen molar-refractivity contribution in [2.75, 3.05) is 0 Å². The fraction of sp³-hybridized carbons (Fsp3) is 0.0400. The van der Waals surface area contributed by atoms with Crippen molar-refractivity contribution in [3.8, 4) is 28.5 Å². The molecule has 0 aliphatic heterocycles. The highest BCUT2D eigenvalue weighted by Crippen LogP contribution is 2.37. The van der Waals surface area contributed by atoms with E-state index in [0.717, 1.165) is 17.3 Å². The molecule has 0 saturated heterocycles. The molecule has 154 valence electrons. The van der Waals surface area contributed by atoms with Gasteiger partial charge in [-0.25, -0.2) is 9.37 Å². The summed E-state index contributed by atoms with van der Waals surface area (Å²) in [5.41, 5.74) is 4.64. The lowest BCUT2D eigenvalue weighted by Crippen LogP contribution is -2.04. The Labute approximate surface area is 186 Å². The van der Waals surface area contributed by atoms with E-state index in [9.17, 15) is 14.4 Å². The van der Waals surface area contributed by atoms with Crippen molar-refractivity contribution in [1.82, 2.24) is 15.0 Å². The summed E-state index contributed by atoms with van der Waals surface area (Å²) in [4.78, 5) is 24.4. The van der Waals surface area contributed by atoms with Gasteiger partial charge in [-0.15, -0.1) is 0 Å². The van der Waals surface area contributed by atoms with Gasteiger partial charge in [0.15, 0.2) is 5.43 Å². The second kappa shape index (κ2) is 7.56. The Bertz CT molecular complexity index is 1650. The van der Waals surface area contributed by atoms with Crippen molar-refractivity contribution in [3.05, 3.63) is 93.1 Å². The van der Waals surface area contributed by atoms with Gasteiger partial charge in [0.05, 0.1) is 39.4 Å². The number of aromatic amines is 1. The molecule has 32 heavy (non-hydrogen) atoms. The number of benzene rings is 2. The fourth-order valence-electron chi connectivity index (χ4n) is 3.87. The van der Waals surface area contributed by atoms with Gasteiger partial charge in [-0.05, 0) is 48.4 Å². The van der Waals surface area contributed by atoms with Crippen LogP contribution in [-0.2, 0) is 0 Å². The standard InChI is InChI=1S/C25H14ClFN4O/c1-13-14(11-28)3-2-4-18(13)24-19(10-20-22(32)5-6-29-25(20)31-24)15-7-16-8-17(27)12-30-23(16)21(26)9-15/h2-10,12H,1H3,(H,29,31,32). The average Bonchev–Trinajstić information content (AvgIpc) is 2.78. The summed E-state index contributed by atoms with van der Waals surface area (Å²) in [6.45, 7) is 1.85. The fourth-order valence-corrected chi connectivity index (χ4v) is 4.15. The maximum atomic E-state index is 13.9. The molecule has 3 heterocycles. The van der Waals surface area contributed by atoms with Crippen LogP contribution in [0.5, 0.6) is 0 Å². The van der Waals surface area contributed by atoms with E-state index in [1.165, 1.54) is 12.1 Å². The van der Waals surface area contributed by atoms with E-state index in [4.69, 9.17) is 16.6 Å². The summed E-state index contributed by atoms with van der Waals surface area (Å²) in [5.74, 6) is -0.475. The number of nitriles is 1. The molecule has 2 aromatic carbocycles. The van der Waals surface area contributed by atoms with Crippen LogP contribution in [0.2, 0.25) is 5.02 Å². The molecular weight excluding hydrogens is 427 g/mol. The molecule has 5 rings (SSSR count). The Hall–Kier alpha value is -4.08. The molecule has 0 bridgehead atoms. The van der Waals surface area contributed by atoms with Gasteiger partial charge in [-0.1, -0.05) is 23.7 Å². The number of nitrogens with one attached hydrogen (secondary N) is 1. The number of aromatic nitrogens is 3. The molecular formula is C25H14ClFN4O. The van der Waals surface area contributed by atoms with Crippen LogP contribution in [-0.4, -0.2) is 15.0 Å². The van der Waals surface area contributed by atoms with Crippen molar-refractivity contribution in [3.63, 3.8) is 0 Å². The smallest absolute Gasteiger partial charge is 0.191 e. The Morgan fingerprint density at radius 2 is 1.97 bits per heavy atom. The first-order valence-corrected chi connectivity index (χ1v) is 10.1. The highest BCUT2D eigenvalue weighted by molar-refractivity contribution is 6.35. The first kappa shape index (κ1) is 19.9. The minimum Gasteiger partial charge on any atom is -0.346 e. The van der Waals surface area contributed by atoms with E-state index >= 15 is 0 Å². The lowest BCUT2D eigenvalue weighted by atomic mass is 9.93. The van der Waals surface area contributed by atoms with E-state index in [1.54, 1.807) is 36.5 Å². The third-order valence-electron chi connectivity index (χ3n) is 5.47. The minimum absolute atomic E-state index is 0.179. The van der Waals surface area contributed by atoms with Gasteiger partial charge in [0.1, 0.15) is 11.5 Å². The Kier molecular flexibility index (Phi) is 4.69. The first-order valence-electron chi connectivity index (χ1n) is 9.74. The zero-order chi connectivity index (χ0) is 22.4. The molecule has 0 aliphatic rings. The maximum Gasteiger partial charge on any atom is 0.191 e. The van der Waals surface area contributed by atoms with Gasteiger partial charge >= 0.3 is 0 Å². The Morgan fingerprint density at radius 3 is 2.78 bits per heavy atom. The molecule has 0 spiro atoms. The molecule has 0 fully saturated rings. The summed E-state index contributed by atoms with van der Waals surface area (Å²) in [7, 11) is 0. The Balaban J connectivity index is 1.90. The third-order valence-corrected chi connectivity index (χ3v) is 5.75. The number of hydrogen-bond acceptors (Lipinski definition) is 4. The molecule has 0 amide bonds. The quantitative estimate of drug-likeness (QED) is 0.377. The number of rotatable bonds is 2. The van der Waals surface area contributed by atoms with Crippen LogP contribution in [0.25, 0.3) is 44.3 Å². The van der Waals surface area contributed by atoms with Crippen LogP contribution < -0.4 is 5.43 Å². The van der Waals surface area contributed by atoms with Crippen molar-refractivity contribution in [1.29, 1.82) is 5.26 Å². The summed E-state index contributed by atoms with van der Waals surface area (Å²) in [6, 6.07) is 15.6. The third kappa shape index (κ3) is 3.20. The molecule has 0 unspecified atom stereocenters. The van der Waals surface area contributed by atoms with E-state index < -0.39 is 5.82 Å². The molecule has 0 aliphatic carbocycles. The van der Waals surface area contributed by atoms with Gasteiger partial charge in [0.25, 0.3) is 0 Å². The molecule has 7 heteroatoms. The normalized spacial score (nSPS) is 11.1. The van der Waals surface area contributed by atoms with Crippen molar-refractivity contribution in [2.24, 2.45) is 0 Å². The van der Waals surface area contributed by atoms with E-state index in [2.05, 4.69) is 16.0 Å².